The lowest BCUT2D eigenvalue weighted by Crippen LogP contribution is -1.96. The van der Waals surface area contributed by atoms with Gasteiger partial charge in [0.1, 0.15) is 0 Å². The Hall–Kier alpha value is -5.08. The Bertz CT molecular complexity index is 3130. The Morgan fingerprint density at radius 2 is 0.947 bits per heavy atom. The molecule has 0 spiro atoms. The minimum atomic E-state index is -0.780. The number of hydrogen-bond donors (Lipinski definition) is 0. The maximum absolute atomic E-state index is 9.71. The van der Waals surface area contributed by atoms with Gasteiger partial charge in [0.15, 0.2) is 0 Å². The Kier molecular flexibility index (Phi) is 2.02. The standard InChI is InChI=1S/C36H24N2/c1-2-11-25(12-3-1)26-13-10-14-27(23-26)37-35-20-9-6-17-31(35)32-24-28(21-22-36(32)37)38-33-18-7-4-15-29(33)30-16-5-8-19-34(30)38/h1-24H/i1D,2D,3D,4D,5D,6D,7D,8D,9D,11D,12D,15D,16D,17D,18D,19D,20D,21D,22D,24D. The van der Waals surface area contributed by atoms with Crippen molar-refractivity contribution in [3.8, 4) is 22.5 Å². The first-order valence-electron chi connectivity index (χ1n) is 21.4. The zero-order chi connectivity index (χ0) is 42.5. The van der Waals surface area contributed by atoms with E-state index in [2.05, 4.69) is 0 Å². The Morgan fingerprint density at radius 1 is 0.421 bits per heavy atom. The number of hydrogen-bond acceptors (Lipinski definition) is 0. The first kappa shape index (κ1) is 9.34. The van der Waals surface area contributed by atoms with E-state index in [1.54, 1.807) is 0 Å². The average Bonchev–Trinajstić information content (AvgIpc) is 3.75. The van der Waals surface area contributed by atoms with Gasteiger partial charge in [-0.1, -0.05) is 96.7 Å². The van der Waals surface area contributed by atoms with Crippen LogP contribution in [0.1, 0.15) is 27.4 Å². The lowest BCUT2D eigenvalue weighted by atomic mass is 10.1. The molecule has 178 valence electrons. The molecule has 2 heterocycles. The molecule has 0 saturated heterocycles. The smallest absolute Gasteiger partial charge is 0.0652 e. The highest BCUT2D eigenvalue weighted by molar-refractivity contribution is 6.12. The van der Waals surface area contributed by atoms with Crippen LogP contribution in [0.5, 0.6) is 0 Å². The first-order chi connectivity index (χ1) is 27.2. The van der Waals surface area contributed by atoms with E-state index >= 15 is 0 Å². The molecule has 2 heteroatoms. The summed E-state index contributed by atoms with van der Waals surface area (Å²) in [5.41, 5.74) is -2.02. The Labute approximate surface area is 248 Å². The van der Waals surface area contributed by atoms with E-state index in [-0.39, 0.29) is 49.4 Å². The van der Waals surface area contributed by atoms with Crippen LogP contribution in [0.3, 0.4) is 0 Å². The van der Waals surface area contributed by atoms with Gasteiger partial charge < -0.3 is 9.13 Å². The first-order valence-corrected chi connectivity index (χ1v) is 11.4. The van der Waals surface area contributed by atoms with Crippen molar-refractivity contribution in [2.24, 2.45) is 0 Å². The maximum Gasteiger partial charge on any atom is 0.0652 e. The molecule has 2 aromatic heterocycles. The van der Waals surface area contributed by atoms with Crippen LogP contribution in [0.15, 0.2) is 145 Å². The van der Waals surface area contributed by atoms with E-state index in [1.807, 2.05) is 0 Å². The number of benzene rings is 6. The molecule has 0 aliphatic heterocycles. The van der Waals surface area contributed by atoms with Crippen molar-refractivity contribution >= 4 is 43.6 Å². The van der Waals surface area contributed by atoms with Crippen molar-refractivity contribution in [2.75, 3.05) is 0 Å². The van der Waals surface area contributed by atoms with Gasteiger partial charge in [-0.3, -0.25) is 0 Å². The molecule has 0 bridgehead atoms. The van der Waals surface area contributed by atoms with Crippen LogP contribution in [0.4, 0.5) is 0 Å². The highest BCUT2D eigenvalue weighted by Gasteiger charge is 2.16. The molecule has 0 N–H and O–H groups in total. The van der Waals surface area contributed by atoms with Gasteiger partial charge in [0, 0.05) is 32.9 Å². The number of rotatable bonds is 3. The lowest BCUT2D eigenvalue weighted by Gasteiger charge is -2.11. The van der Waals surface area contributed by atoms with Gasteiger partial charge in [-0.25, -0.2) is 0 Å². The van der Waals surface area contributed by atoms with Crippen LogP contribution in [-0.2, 0) is 0 Å². The van der Waals surface area contributed by atoms with Gasteiger partial charge in [-0.2, -0.15) is 0 Å². The quantitative estimate of drug-likeness (QED) is 0.227. The van der Waals surface area contributed by atoms with Crippen molar-refractivity contribution in [1.29, 1.82) is 0 Å². The van der Waals surface area contributed by atoms with E-state index in [0.29, 0.717) is 0 Å². The molecule has 6 aromatic carbocycles. The van der Waals surface area contributed by atoms with E-state index in [1.165, 1.54) is 28.8 Å². The summed E-state index contributed by atoms with van der Waals surface area (Å²) in [6, 6.07) is -7.72. The van der Waals surface area contributed by atoms with Crippen LogP contribution >= 0.6 is 0 Å². The molecular weight excluding hydrogens is 460 g/mol. The number of para-hydroxylation sites is 3. The molecule has 0 fully saturated rings. The van der Waals surface area contributed by atoms with Gasteiger partial charge in [-0.15, -0.1) is 0 Å². The second-order valence-electron chi connectivity index (χ2n) is 8.34. The van der Waals surface area contributed by atoms with E-state index < -0.39 is 138 Å². The van der Waals surface area contributed by atoms with Crippen molar-refractivity contribution in [3.05, 3.63) is 145 Å². The fraction of sp³-hybridized carbons (Fsp3) is 0. The van der Waals surface area contributed by atoms with Crippen LogP contribution < -0.4 is 0 Å². The fourth-order valence-corrected chi connectivity index (χ4v) is 4.71. The van der Waals surface area contributed by atoms with Crippen LogP contribution in [-0.4, -0.2) is 9.13 Å². The summed E-state index contributed by atoms with van der Waals surface area (Å²) in [7, 11) is 0. The second-order valence-corrected chi connectivity index (χ2v) is 8.34. The van der Waals surface area contributed by atoms with E-state index in [4.69, 9.17) is 23.3 Å². The zero-order valence-corrected chi connectivity index (χ0v) is 19.2. The summed E-state index contributed by atoms with van der Waals surface area (Å²) in [5, 5.41) is -1.29. The molecule has 0 aliphatic rings. The lowest BCUT2D eigenvalue weighted by molar-refractivity contribution is 1.17. The zero-order valence-electron chi connectivity index (χ0n) is 39.2. The number of nitrogens with zero attached hydrogens (tertiary/aromatic N) is 2. The molecule has 0 atom stereocenters. The highest BCUT2D eigenvalue weighted by atomic mass is 15.0. The minimum Gasteiger partial charge on any atom is -0.309 e. The summed E-state index contributed by atoms with van der Waals surface area (Å²) in [4.78, 5) is 0. The monoisotopic (exact) mass is 504 g/mol. The topological polar surface area (TPSA) is 9.86 Å². The summed E-state index contributed by atoms with van der Waals surface area (Å²) >= 11 is 0. The Balaban J connectivity index is 1.61. The molecule has 2 nitrogen and oxygen atoms in total. The van der Waals surface area contributed by atoms with Crippen molar-refractivity contribution in [2.45, 2.75) is 0 Å². The van der Waals surface area contributed by atoms with Crippen molar-refractivity contribution in [3.63, 3.8) is 0 Å². The molecule has 8 aromatic rings. The predicted molar refractivity (Wildman–Crippen MR) is 161 cm³/mol. The van der Waals surface area contributed by atoms with Gasteiger partial charge >= 0.3 is 0 Å². The number of fused-ring (bicyclic) bond motifs is 6. The van der Waals surface area contributed by atoms with Gasteiger partial charge in [0.05, 0.1) is 49.5 Å². The van der Waals surface area contributed by atoms with Crippen LogP contribution in [0.25, 0.3) is 66.1 Å². The molecule has 0 amide bonds. The van der Waals surface area contributed by atoms with E-state index in [9.17, 15) is 4.11 Å². The summed E-state index contributed by atoms with van der Waals surface area (Å²) in [5.74, 6) is 0. The summed E-state index contributed by atoms with van der Waals surface area (Å²) < 4.78 is 176. The third kappa shape index (κ3) is 3.07. The summed E-state index contributed by atoms with van der Waals surface area (Å²) in [6.45, 7) is 0. The fourth-order valence-electron chi connectivity index (χ4n) is 4.71. The van der Waals surface area contributed by atoms with Crippen LogP contribution in [0, 0.1) is 0 Å². The third-order valence-corrected chi connectivity index (χ3v) is 6.29. The second kappa shape index (κ2) is 8.22. The minimum absolute atomic E-state index is 0.0505. The van der Waals surface area contributed by atoms with Crippen LogP contribution in [0.2, 0.25) is 0 Å². The van der Waals surface area contributed by atoms with Gasteiger partial charge in [-0.05, 0) is 59.5 Å². The van der Waals surface area contributed by atoms with Gasteiger partial charge in [0.25, 0.3) is 0 Å². The Morgan fingerprint density at radius 3 is 1.61 bits per heavy atom. The molecule has 0 aliphatic carbocycles. The SMILES string of the molecule is [2H]c1c([2H])c([2H])c(-c2cccc(-n3c4c([2H])c([2H])c([2H])c([2H])c4c4c([2H])c(-n5c6c([2H])c([2H])c([2H])c([2H])c6c6c([2H])c([2H])c([2H])c([2H])c65)c([2H])c([2H])c43)c2)c([2H])c1[2H]. The third-order valence-electron chi connectivity index (χ3n) is 6.29. The predicted octanol–water partition coefficient (Wildman–Crippen LogP) is 9.55. The molecule has 38 heavy (non-hydrogen) atoms. The molecule has 8 rings (SSSR count). The number of aromatic nitrogens is 2. The molecular formula is C36H24N2. The average molecular weight is 505 g/mol. The van der Waals surface area contributed by atoms with Crippen molar-refractivity contribution < 1.29 is 27.4 Å². The largest absolute Gasteiger partial charge is 0.309 e. The van der Waals surface area contributed by atoms with Crippen molar-refractivity contribution in [1.82, 2.24) is 9.13 Å². The van der Waals surface area contributed by atoms with E-state index in [0.717, 1.165) is 4.57 Å². The highest BCUT2D eigenvalue weighted by Crippen LogP contribution is 2.37. The maximum atomic E-state index is 9.71. The normalized spacial score (nSPS) is 19.1. The molecule has 0 saturated carbocycles. The van der Waals surface area contributed by atoms with Gasteiger partial charge in [0.2, 0.25) is 0 Å². The molecule has 0 unspecified atom stereocenters. The molecule has 0 radical (unpaired) electrons. The summed E-state index contributed by atoms with van der Waals surface area (Å²) in [6.07, 6.45) is 0.